The van der Waals surface area contributed by atoms with Gasteiger partial charge in [0.25, 0.3) is 0 Å². The van der Waals surface area contributed by atoms with Crippen LogP contribution in [0.1, 0.15) is 44.9 Å². The summed E-state index contributed by atoms with van der Waals surface area (Å²) in [7, 11) is 2.14. The van der Waals surface area contributed by atoms with Crippen molar-refractivity contribution in [1.29, 1.82) is 0 Å². The molecule has 5 fully saturated rings. The maximum Gasteiger partial charge on any atom is 0.0831 e. The van der Waals surface area contributed by atoms with Crippen LogP contribution in [0.25, 0.3) is 0 Å². The third-order valence-corrected chi connectivity index (χ3v) is 6.56. The maximum absolute atomic E-state index is 6.16. The highest BCUT2D eigenvalue weighted by atomic mass is 16.5. The fraction of sp³-hybridized carbons (Fsp3) is 1.00. The number of ether oxygens (including phenoxy) is 2. The lowest BCUT2D eigenvalue weighted by molar-refractivity contribution is -0.0942. The van der Waals surface area contributed by atoms with Gasteiger partial charge < -0.3 is 14.8 Å². The van der Waals surface area contributed by atoms with Crippen LogP contribution in [-0.2, 0) is 9.47 Å². The normalized spacial score (nSPS) is 47.9. The summed E-state index contributed by atoms with van der Waals surface area (Å²) in [5.41, 5.74) is 0.545. The van der Waals surface area contributed by atoms with Gasteiger partial charge in [0.15, 0.2) is 0 Å². The van der Waals surface area contributed by atoms with Crippen molar-refractivity contribution < 1.29 is 9.47 Å². The summed E-state index contributed by atoms with van der Waals surface area (Å²) in [5.74, 6) is 3.06. The number of likely N-dealkylation sites (N-methyl/N-ethyl adjacent to an activating group) is 1. The molecule has 1 saturated heterocycles. The van der Waals surface area contributed by atoms with Gasteiger partial charge in [-0.15, -0.1) is 0 Å². The van der Waals surface area contributed by atoms with Crippen LogP contribution in [0.15, 0.2) is 0 Å². The molecule has 1 aliphatic heterocycles. The molecule has 1 heterocycles. The molecule has 4 saturated carbocycles. The highest BCUT2D eigenvalue weighted by Crippen LogP contribution is 2.61. The van der Waals surface area contributed by atoms with Crippen LogP contribution < -0.4 is 5.32 Å². The first-order valence-electron chi connectivity index (χ1n) is 8.64. The van der Waals surface area contributed by atoms with Gasteiger partial charge >= 0.3 is 0 Å². The monoisotopic (exact) mass is 279 g/mol. The van der Waals surface area contributed by atoms with Crippen molar-refractivity contribution in [2.75, 3.05) is 26.9 Å². The Labute approximate surface area is 122 Å². The molecule has 3 nitrogen and oxygen atoms in total. The van der Waals surface area contributed by atoms with Gasteiger partial charge in [0.05, 0.1) is 19.3 Å². The molecule has 2 unspecified atom stereocenters. The van der Waals surface area contributed by atoms with Crippen LogP contribution in [0.2, 0.25) is 0 Å². The van der Waals surface area contributed by atoms with Gasteiger partial charge in [-0.1, -0.05) is 0 Å². The maximum atomic E-state index is 6.16. The van der Waals surface area contributed by atoms with E-state index in [1.54, 1.807) is 0 Å². The largest absolute Gasteiger partial charge is 0.379 e. The minimum atomic E-state index is 0.347. The van der Waals surface area contributed by atoms with E-state index < -0.39 is 0 Å². The van der Waals surface area contributed by atoms with Gasteiger partial charge in [0.2, 0.25) is 0 Å². The Bertz CT molecular complexity index is 316. The van der Waals surface area contributed by atoms with Gasteiger partial charge in [-0.3, -0.25) is 0 Å². The van der Waals surface area contributed by atoms with E-state index in [0.29, 0.717) is 17.6 Å². The lowest BCUT2D eigenvalue weighted by Gasteiger charge is -2.59. The molecule has 4 aliphatic carbocycles. The summed E-state index contributed by atoms with van der Waals surface area (Å²) < 4.78 is 11.6. The molecule has 0 radical (unpaired) electrons. The zero-order valence-electron chi connectivity index (χ0n) is 12.8. The van der Waals surface area contributed by atoms with Crippen molar-refractivity contribution in [2.24, 2.45) is 23.2 Å². The van der Waals surface area contributed by atoms with Gasteiger partial charge in [-0.2, -0.15) is 0 Å². The summed E-state index contributed by atoms with van der Waals surface area (Å²) in [6, 6.07) is 0.552. The third-order valence-electron chi connectivity index (χ3n) is 6.56. The number of nitrogens with one attached hydrogen (secondary N) is 1. The van der Waals surface area contributed by atoms with E-state index in [1.807, 2.05) is 0 Å². The second-order valence-electron chi connectivity index (χ2n) is 7.94. The van der Waals surface area contributed by atoms with Crippen LogP contribution in [-0.4, -0.2) is 39.0 Å². The molecule has 114 valence electrons. The number of rotatable bonds is 5. The summed E-state index contributed by atoms with van der Waals surface area (Å²) in [4.78, 5) is 0. The fourth-order valence-electron chi connectivity index (χ4n) is 6.05. The third kappa shape index (κ3) is 2.32. The quantitative estimate of drug-likeness (QED) is 0.839. The smallest absolute Gasteiger partial charge is 0.0831 e. The lowest BCUT2D eigenvalue weighted by Crippen LogP contribution is -2.57. The molecule has 5 rings (SSSR count). The van der Waals surface area contributed by atoms with E-state index in [4.69, 9.17) is 9.47 Å². The zero-order chi connectivity index (χ0) is 13.6. The number of hydrogen-bond acceptors (Lipinski definition) is 3. The molecule has 1 N–H and O–H groups in total. The van der Waals surface area contributed by atoms with Crippen molar-refractivity contribution in [3.8, 4) is 0 Å². The summed E-state index contributed by atoms with van der Waals surface area (Å²) in [5, 5.41) is 3.62. The Hall–Kier alpha value is -0.120. The molecule has 0 aromatic heterocycles. The molecular weight excluding hydrogens is 250 g/mol. The van der Waals surface area contributed by atoms with Crippen LogP contribution >= 0.6 is 0 Å². The first kappa shape index (κ1) is 13.5. The molecule has 20 heavy (non-hydrogen) atoms. The highest BCUT2D eigenvalue weighted by Gasteiger charge is 2.53. The van der Waals surface area contributed by atoms with E-state index in [-0.39, 0.29) is 0 Å². The second kappa shape index (κ2) is 5.26. The van der Waals surface area contributed by atoms with E-state index in [1.165, 1.54) is 38.5 Å². The molecule has 0 aromatic carbocycles. The Morgan fingerprint density at radius 1 is 1.15 bits per heavy atom. The standard InChI is InChI=1S/C17H29NO2/c1-18-16(11-20-15-2-3-19-10-15)17-7-12-4-13(8-17)6-14(5-12)9-17/h12-16,18H,2-11H2,1H3. The van der Waals surface area contributed by atoms with Crippen LogP contribution in [0.5, 0.6) is 0 Å². The van der Waals surface area contributed by atoms with E-state index >= 15 is 0 Å². The van der Waals surface area contributed by atoms with Crippen molar-refractivity contribution >= 4 is 0 Å². The van der Waals surface area contributed by atoms with Crippen molar-refractivity contribution in [3.05, 3.63) is 0 Å². The predicted octanol–water partition coefficient (Wildman–Crippen LogP) is 2.60. The zero-order valence-corrected chi connectivity index (χ0v) is 12.8. The Balaban J connectivity index is 1.43. The van der Waals surface area contributed by atoms with Crippen molar-refractivity contribution in [1.82, 2.24) is 5.32 Å². The van der Waals surface area contributed by atoms with Gasteiger partial charge in [0, 0.05) is 12.6 Å². The first-order chi connectivity index (χ1) is 9.77. The predicted molar refractivity (Wildman–Crippen MR) is 78.6 cm³/mol. The molecule has 2 atom stereocenters. The van der Waals surface area contributed by atoms with Gasteiger partial charge in [0.1, 0.15) is 0 Å². The second-order valence-corrected chi connectivity index (χ2v) is 7.94. The van der Waals surface area contributed by atoms with E-state index in [0.717, 1.165) is 44.0 Å². The molecule has 0 amide bonds. The molecule has 3 heteroatoms. The first-order valence-corrected chi connectivity index (χ1v) is 8.64. The molecule has 5 aliphatic rings. The van der Waals surface area contributed by atoms with Crippen LogP contribution in [0, 0.1) is 23.2 Å². The minimum absolute atomic E-state index is 0.347. The van der Waals surface area contributed by atoms with E-state index in [9.17, 15) is 0 Å². The molecule has 0 spiro atoms. The Morgan fingerprint density at radius 3 is 2.30 bits per heavy atom. The van der Waals surface area contributed by atoms with Crippen LogP contribution in [0.3, 0.4) is 0 Å². The lowest BCUT2D eigenvalue weighted by atomic mass is 9.48. The summed E-state index contributed by atoms with van der Waals surface area (Å²) in [6.45, 7) is 2.57. The van der Waals surface area contributed by atoms with E-state index in [2.05, 4.69) is 12.4 Å². The SMILES string of the molecule is CNC(COC1CCOC1)C12CC3CC(CC(C3)C1)C2. The van der Waals surface area contributed by atoms with Gasteiger partial charge in [-0.05, 0) is 75.2 Å². The number of hydrogen-bond donors (Lipinski definition) is 1. The molecule has 0 aromatic rings. The van der Waals surface area contributed by atoms with Crippen LogP contribution in [0.4, 0.5) is 0 Å². The average molecular weight is 279 g/mol. The highest BCUT2D eigenvalue weighted by molar-refractivity contribution is 5.06. The van der Waals surface area contributed by atoms with Gasteiger partial charge in [-0.25, -0.2) is 0 Å². The molecule has 4 bridgehead atoms. The van der Waals surface area contributed by atoms with Crippen molar-refractivity contribution in [3.63, 3.8) is 0 Å². The molecular formula is C17H29NO2. The fourth-order valence-corrected chi connectivity index (χ4v) is 6.05. The van der Waals surface area contributed by atoms with Crippen molar-refractivity contribution in [2.45, 2.75) is 57.1 Å². The summed E-state index contributed by atoms with van der Waals surface area (Å²) >= 11 is 0. The summed E-state index contributed by atoms with van der Waals surface area (Å²) in [6.07, 6.45) is 10.4. The Kier molecular flexibility index (Phi) is 3.56. The Morgan fingerprint density at radius 2 is 1.80 bits per heavy atom. The minimum Gasteiger partial charge on any atom is -0.379 e. The average Bonchev–Trinajstić information content (AvgIpc) is 2.90. The topological polar surface area (TPSA) is 30.5 Å².